The fourth-order valence-electron chi connectivity index (χ4n) is 3.27. The van der Waals surface area contributed by atoms with Crippen molar-refractivity contribution in [1.29, 1.82) is 0 Å². The third kappa shape index (κ3) is 4.16. The fourth-order valence-corrected chi connectivity index (χ4v) is 4.71. The molecule has 0 saturated carbocycles. The van der Waals surface area contributed by atoms with Gasteiger partial charge in [0.25, 0.3) is 0 Å². The molecule has 0 saturated heterocycles. The molecule has 0 bridgehead atoms. The van der Waals surface area contributed by atoms with Crippen molar-refractivity contribution in [2.75, 3.05) is 7.11 Å². The van der Waals surface area contributed by atoms with Crippen LogP contribution in [0.25, 0.3) is 0 Å². The van der Waals surface area contributed by atoms with Crippen molar-refractivity contribution in [3.8, 4) is 5.75 Å². The number of carbonyl (C=O) groups excluding carboxylic acids is 1. The number of esters is 1. The number of methoxy groups -OCH3 is 1. The van der Waals surface area contributed by atoms with Crippen molar-refractivity contribution in [3.63, 3.8) is 0 Å². The van der Waals surface area contributed by atoms with E-state index in [0.717, 1.165) is 11.1 Å². The molecule has 0 aliphatic carbocycles. The molecule has 1 aliphatic rings. The minimum absolute atomic E-state index is 0.00408. The Morgan fingerprint density at radius 1 is 1.25 bits per heavy atom. The quantitative estimate of drug-likeness (QED) is 0.751. The number of sulfonamides is 1. The highest BCUT2D eigenvalue weighted by molar-refractivity contribution is 7.89. The third-order valence-electron chi connectivity index (χ3n) is 4.57. The van der Waals surface area contributed by atoms with Gasteiger partial charge in [0.1, 0.15) is 11.4 Å². The molecule has 2 aromatic rings. The Balaban J connectivity index is 1.99. The van der Waals surface area contributed by atoms with Gasteiger partial charge >= 0.3 is 5.97 Å². The Morgan fingerprint density at radius 2 is 1.96 bits per heavy atom. The van der Waals surface area contributed by atoms with Gasteiger partial charge in [0.05, 0.1) is 28.6 Å². The summed E-state index contributed by atoms with van der Waals surface area (Å²) in [5, 5.41) is 0.124. The number of fused-ring (bicyclic) bond motifs is 1. The smallest absolute Gasteiger partial charge is 0.339 e. The summed E-state index contributed by atoms with van der Waals surface area (Å²) in [5.74, 6) is -0.0453. The van der Waals surface area contributed by atoms with Crippen molar-refractivity contribution >= 4 is 27.6 Å². The van der Waals surface area contributed by atoms with E-state index >= 15 is 0 Å². The van der Waals surface area contributed by atoms with Crippen LogP contribution < -0.4 is 9.46 Å². The maximum absolute atomic E-state index is 13.0. The number of benzene rings is 2. The lowest BCUT2D eigenvalue weighted by atomic mass is 9.89. The summed E-state index contributed by atoms with van der Waals surface area (Å²) in [6.07, 6.45) is 0.458. The Labute approximate surface area is 169 Å². The fraction of sp³-hybridized carbons (Fsp3) is 0.350. The number of rotatable bonds is 4. The first-order valence-electron chi connectivity index (χ1n) is 8.72. The summed E-state index contributed by atoms with van der Waals surface area (Å²) in [6.45, 7) is 5.76. The van der Waals surface area contributed by atoms with Gasteiger partial charge < -0.3 is 9.47 Å². The monoisotopic (exact) mass is 423 g/mol. The van der Waals surface area contributed by atoms with Crippen LogP contribution in [-0.4, -0.2) is 27.1 Å². The summed E-state index contributed by atoms with van der Waals surface area (Å²) in [5.41, 5.74) is 1.25. The zero-order chi connectivity index (χ0) is 20.7. The highest BCUT2D eigenvalue weighted by Crippen LogP contribution is 2.40. The molecule has 1 aliphatic heterocycles. The maximum atomic E-state index is 13.0. The van der Waals surface area contributed by atoms with Crippen LogP contribution >= 0.6 is 11.6 Å². The summed E-state index contributed by atoms with van der Waals surface area (Å²) < 4.78 is 39.5. The first kappa shape index (κ1) is 20.6. The minimum Gasteiger partial charge on any atom is -0.487 e. The second-order valence-electron chi connectivity index (χ2n) is 7.41. The van der Waals surface area contributed by atoms with Gasteiger partial charge in [-0.3, -0.25) is 0 Å². The van der Waals surface area contributed by atoms with Crippen LogP contribution in [0.15, 0.2) is 41.3 Å². The van der Waals surface area contributed by atoms with Gasteiger partial charge in [0.2, 0.25) is 10.0 Å². The molecule has 0 fully saturated rings. The number of aryl methyl sites for hydroxylation is 1. The number of ether oxygens (including phenoxy) is 2. The molecule has 0 radical (unpaired) electrons. The Bertz CT molecular complexity index is 1030. The Hall–Kier alpha value is -2.09. The minimum atomic E-state index is -3.92. The van der Waals surface area contributed by atoms with Gasteiger partial charge in [-0.25, -0.2) is 17.9 Å². The van der Waals surface area contributed by atoms with Gasteiger partial charge in [-0.15, -0.1) is 0 Å². The molecule has 8 heteroatoms. The zero-order valence-corrected chi connectivity index (χ0v) is 17.6. The summed E-state index contributed by atoms with van der Waals surface area (Å²) in [6, 6.07) is 9.17. The molecule has 2 aromatic carbocycles. The molecular weight excluding hydrogens is 402 g/mol. The van der Waals surface area contributed by atoms with E-state index in [-0.39, 0.29) is 15.5 Å². The van der Waals surface area contributed by atoms with Crippen LogP contribution in [0.2, 0.25) is 5.02 Å². The van der Waals surface area contributed by atoms with Crippen LogP contribution in [0.5, 0.6) is 5.75 Å². The molecule has 0 amide bonds. The van der Waals surface area contributed by atoms with Gasteiger partial charge in [-0.05, 0) is 45.0 Å². The van der Waals surface area contributed by atoms with E-state index in [4.69, 9.17) is 16.3 Å². The molecule has 6 nitrogen and oxygen atoms in total. The number of nitrogens with one attached hydrogen (secondary N) is 1. The predicted octanol–water partition coefficient (Wildman–Crippen LogP) is 4.02. The van der Waals surface area contributed by atoms with Gasteiger partial charge in [-0.2, -0.15) is 0 Å². The lowest BCUT2D eigenvalue weighted by Gasteiger charge is -2.38. The highest BCUT2D eigenvalue weighted by atomic mass is 35.5. The van der Waals surface area contributed by atoms with Crippen LogP contribution in [-0.2, 0) is 14.8 Å². The second-order valence-corrected chi connectivity index (χ2v) is 9.54. The van der Waals surface area contributed by atoms with E-state index < -0.39 is 27.6 Å². The molecule has 0 aromatic heterocycles. The lowest BCUT2D eigenvalue weighted by Crippen LogP contribution is -2.41. The largest absolute Gasteiger partial charge is 0.487 e. The summed E-state index contributed by atoms with van der Waals surface area (Å²) >= 11 is 6.00. The van der Waals surface area contributed by atoms with E-state index in [0.29, 0.717) is 12.2 Å². The number of carbonyl (C=O) groups is 1. The molecule has 150 valence electrons. The molecule has 1 atom stereocenters. The molecule has 0 spiro atoms. The molecule has 28 heavy (non-hydrogen) atoms. The van der Waals surface area contributed by atoms with Crippen molar-refractivity contribution in [1.82, 2.24) is 4.72 Å². The number of hydrogen-bond donors (Lipinski definition) is 1. The first-order chi connectivity index (χ1) is 13.0. The van der Waals surface area contributed by atoms with Gasteiger partial charge in [0.15, 0.2) is 0 Å². The SMILES string of the molecule is COC(=O)c1cc(S(=O)(=O)N[C@H]2CC(C)(C)Oc3ccc(C)cc32)ccc1Cl. The topological polar surface area (TPSA) is 81.7 Å². The average Bonchev–Trinajstić information content (AvgIpc) is 2.61. The second kappa shape index (κ2) is 7.39. The Kier molecular flexibility index (Phi) is 5.44. The lowest BCUT2D eigenvalue weighted by molar-refractivity contribution is 0.0600. The maximum Gasteiger partial charge on any atom is 0.339 e. The van der Waals surface area contributed by atoms with Crippen molar-refractivity contribution in [3.05, 3.63) is 58.1 Å². The van der Waals surface area contributed by atoms with Crippen LogP contribution in [0.1, 0.15) is 47.8 Å². The number of halogens is 1. The zero-order valence-electron chi connectivity index (χ0n) is 16.1. The van der Waals surface area contributed by atoms with Crippen LogP contribution in [0.4, 0.5) is 0 Å². The van der Waals surface area contributed by atoms with E-state index in [2.05, 4.69) is 9.46 Å². The van der Waals surface area contributed by atoms with E-state index in [1.165, 1.54) is 25.3 Å². The highest BCUT2D eigenvalue weighted by Gasteiger charge is 2.36. The van der Waals surface area contributed by atoms with E-state index in [1.54, 1.807) is 0 Å². The van der Waals surface area contributed by atoms with E-state index in [9.17, 15) is 13.2 Å². The molecule has 1 heterocycles. The Morgan fingerprint density at radius 3 is 2.64 bits per heavy atom. The standard InChI is InChI=1S/C20H22ClNO5S/c1-12-5-8-18-15(9-12)17(11-20(2,3)27-18)22-28(24,25)13-6-7-16(21)14(10-13)19(23)26-4/h5-10,17,22H,11H2,1-4H3/t17-/m0/s1. The molecular formula is C20H22ClNO5S. The normalized spacial score (nSPS) is 18.1. The summed E-state index contributed by atoms with van der Waals surface area (Å²) in [4.78, 5) is 11.8. The summed E-state index contributed by atoms with van der Waals surface area (Å²) in [7, 11) is -2.71. The average molecular weight is 424 g/mol. The molecule has 1 N–H and O–H groups in total. The van der Waals surface area contributed by atoms with Crippen LogP contribution in [0, 0.1) is 6.92 Å². The molecule has 0 unspecified atom stereocenters. The van der Waals surface area contributed by atoms with E-state index in [1.807, 2.05) is 39.0 Å². The first-order valence-corrected chi connectivity index (χ1v) is 10.6. The third-order valence-corrected chi connectivity index (χ3v) is 6.37. The van der Waals surface area contributed by atoms with Crippen molar-refractivity contribution < 1.29 is 22.7 Å². The van der Waals surface area contributed by atoms with Crippen molar-refractivity contribution in [2.24, 2.45) is 0 Å². The van der Waals surface area contributed by atoms with Crippen LogP contribution in [0.3, 0.4) is 0 Å². The van der Waals surface area contributed by atoms with Gasteiger partial charge in [-0.1, -0.05) is 29.3 Å². The molecule has 3 rings (SSSR count). The van der Waals surface area contributed by atoms with Crippen molar-refractivity contribution in [2.45, 2.75) is 43.7 Å². The number of hydrogen-bond acceptors (Lipinski definition) is 5. The predicted molar refractivity (Wildman–Crippen MR) is 106 cm³/mol. The van der Waals surface area contributed by atoms with Gasteiger partial charge in [0, 0.05) is 12.0 Å².